The highest BCUT2D eigenvalue weighted by molar-refractivity contribution is 5.85. The first-order valence-corrected chi connectivity index (χ1v) is 6.17. The number of carbonyl (C=O) groups excluding carboxylic acids is 1. The zero-order valence-electron chi connectivity index (χ0n) is 12.1. The SMILES string of the molecule is CN(CC(=O)NCC(=O)O)Cc1cccc(OC(F)(F)F)c1.Cl. The van der Waals surface area contributed by atoms with Gasteiger partial charge in [-0.3, -0.25) is 14.5 Å². The van der Waals surface area contributed by atoms with Gasteiger partial charge in [0.15, 0.2) is 0 Å². The molecule has 1 amide bonds. The Balaban J connectivity index is 0.00000484. The van der Waals surface area contributed by atoms with Crippen molar-refractivity contribution in [2.24, 2.45) is 0 Å². The van der Waals surface area contributed by atoms with Crippen LogP contribution in [-0.2, 0) is 16.1 Å². The van der Waals surface area contributed by atoms with Gasteiger partial charge in [-0.25, -0.2) is 0 Å². The monoisotopic (exact) mass is 356 g/mol. The summed E-state index contributed by atoms with van der Waals surface area (Å²) >= 11 is 0. The third-order valence-corrected chi connectivity index (χ3v) is 2.43. The van der Waals surface area contributed by atoms with Crippen LogP contribution in [0.5, 0.6) is 5.75 Å². The van der Waals surface area contributed by atoms with E-state index in [0.717, 1.165) is 0 Å². The topological polar surface area (TPSA) is 78.9 Å². The maximum Gasteiger partial charge on any atom is 0.573 e. The molecule has 10 heteroatoms. The van der Waals surface area contributed by atoms with E-state index in [1.807, 2.05) is 0 Å². The third-order valence-electron chi connectivity index (χ3n) is 2.43. The van der Waals surface area contributed by atoms with Gasteiger partial charge < -0.3 is 15.2 Å². The lowest BCUT2D eigenvalue weighted by molar-refractivity contribution is -0.274. The van der Waals surface area contributed by atoms with E-state index in [1.165, 1.54) is 23.1 Å². The summed E-state index contributed by atoms with van der Waals surface area (Å²) in [6.45, 7) is -0.366. The average Bonchev–Trinajstić information content (AvgIpc) is 2.34. The molecule has 1 aromatic carbocycles. The molecule has 0 unspecified atom stereocenters. The number of carboxylic acids is 1. The van der Waals surface area contributed by atoms with Crippen LogP contribution in [0.15, 0.2) is 24.3 Å². The molecule has 23 heavy (non-hydrogen) atoms. The lowest BCUT2D eigenvalue weighted by Gasteiger charge is -2.17. The standard InChI is InChI=1S/C13H15F3N2O4.ClH/c1-18(8-11(19)17-6-12(20)21)7-9-3-2-4-10(5-9)22-13(14,15)16;/h2-5H,6-8H2,1H3,(H,17,19)(H,20,21);1H. The number of halogens is 4. The lowest BCUT2D eigenvalue weighted by Crippen LogP contribution is -2.37. The van der Waals surface area contributed by atoms with Gasteiger partial charge in [0.25, 0.3) is 0 Å². The largest absolute Gasteiger partial charge is 0.573 e. The number of amides is 1. The summed E-state index contributed by atoms with van der Waals surface area (Å²) in [5, 5.41) is 10.6. The molecule has 0 saturated carbocycles. The van der Waals surface area contributed by atoms with Crippen LogP contribution in [0.1, 0.15) is 5.56 Å². The fourth-order valence-electron chi connectivity index (χ4n) is 1.68. The van der Waals surface area contributed by atoms with Gasteiger partial charge in [0.05, 0.1) is 6.54 Å². The summed E-state index contributed by atoms with van der Waals surface area (Å²) in [4.78, 5) is 23.2. The van der Waals surface area contributed by atoms with Gasteiger partial charge in [0.2, 0.25) is 5.91 Å². The molecule has 2 N–H and O–H groups in total. The maximum absolute atomic E-state index is 12.1. The number of nitrogens with one attached hydrogen (secondary N) is 1. The molecule has 0 aliphatic heterocycles. The first-order valence-electron chi connectivity index (χ1n) is 6.17. The number of hydrogen-bond acceptors (Lipinski definition) is 4. The molecule has 0 radical (unpaired) electrons. The molecular weight excluding hydrogens is 341 g/mol. The minimum atomic E-state index is -4.76. The number of likely N-dealkylation sites (N-methyl/N-ethyl adjacent to an activating group) is 1. The van der Waals surface area contributed by atoms with Crippen molar-refractivity contribution in [1.82, 2.24) is 10.2 Å². The Morgan fingerprint density at radius 1 is 1.35 bits per heavy atom. The summed E-state index contributed by atoms with van der Waals surface area (Å²) in [7, 11) is 1.58. The van der Waals surface area contributed by atoms with Crippen molar-refractivity contribution in [2.45, 2.75) is 12.9 Å². The molecule has 0 bridgehead atoms. The van der Waals surface area contributed by atoms with E-state index >= 15 is 0 Å². The molecule has 0 aliphatic rings. The number of benzene rings is 1. The van der Waals surface area contributed by atoms with Gasteiger partial charge >= 0.3 is 12.3 Å². The van der Waals surface area contributed by atoms with Gasteiger partial charge in [-0.1, -0.05) is 12.1 Å². The molecular formula is C13H16ClF3N2O4. The van der Waals surface area contributed by atoms with Crippen LogP contribution in [0.25, 0.3) is 0 Å². The smallest absolute Gasteiger partial charge is 0.480 e. The molecule has 0 fully saturated rings. The minimum absolute atomic E-state index is 0. The summed E-state index contributed by atoms with van der Waals surface area (Å²) in [5.41, 5.74) is 0.523. The quantitative estimate of drug-likeness (QED) is 0.776. The van der Waals surface area contributed by atoms with E-state index < -0.39 is 24.8 Å². The predicted molar refractivity (Wildman–Crippen MR) is 77.4 cm³/mol. The number of alkyl halides is 3. The Bertz CT molecular complexity index is 540. The second-order valence-electron chi connectivity index (χ2n) is 4.54. The zero-order valence-corrected chi connectivity index (χ0v) is 12.9. The minimum Gasteiger partial charge on any atom is -0.480 e. The van der Waals surface area contributed by atoms with Crippen LogP contribution in [0.3, 0.4) is 0 Å². The molecule has 0 atom stereocenters. The Morgan fingerprint density at radius 2 is 2.00 bits per heavy atom. The van der Waals surface area contributed by atoms with E-state index in [9.17, 15) is 22.8 Å². The summed E-state index contributed by atoms with van der Waals surface area (Å²) in [5.74, 6) is -1.99. The first kappa shape index (κ1) is 21.0. The Morgan fingerprint density at radius 3 is 2.57 bits per heavy atom. The molecule has 6 nitrogen and oxygen atoms in total. The molecule has 1 rings (SSSR count). The number of rotatable bonds is 7. The second-order valence-corrected chi connectivity index (χ2v) is 4.54. The normalized spacial score (nSPS) is 10.8. The zero-order chi connectivity index (χ0) is 16.8. The van der Waals surface area contributed by atoms with Crippen LogP contribution < -0.4 is 10.1 Å². The molecule has 0 spiro atoms. The Hall–Kier alpha value is -2.00. The Labute approximate surface area is 136 Å². The predicted octanol–water partition coefficient (Wildman–Crippen LogP) is 1.64. The number of hydrogen-bond donors (Lipinski definition) is 2. The van der Waals surface area contributed by atoms with Crippen molar-refractivity contribution in [3.05, 3.63) is 29.8 Å². The van der Waals surface area contributed by atoms with Crippen LogP contribution in [-0.4, -0.2) is 48.4 Å². The highest BCUT2D eigenvalue weighted by Gasteiger charge is 2.31. The fourth-order valence-corrected chi connectivity index (χ4v) is 1.68. The fraction of sp³-hybridized carbons (Fsp3) is 0.385. The molecule has 130 valence electrons. The molecule has 1 aromatic rings. The number of nitrogens with zero attached hydrogens (tertiary/aromatic N) is 1. The van der Waals surface area contributed by atoms with Crippen molar-refractivity contribution in [3.63, 3.8) is 0 Å². The highest BCUT2D eigenvalue weighted by Crippen LogP contribution is 2.23. The van der Waals surface area contributed by atoms with Crippen molar-refractivity contribution >= 4 is 24.3 Å². The van der Waals surface area contributed by atoms with Crippen molar-refractivity contribution in [3.8, 4) is 5.75 Å². The van der Waals surface area contributed by atoms with E-state index in [-0.39, 0.29) is 31.2 Å². The van der Waals surface area contributed by atoms with Crippen LogP contribution in [0.2, 0.25) is 0 Å². The molecule has 0 saturated heterocycles. The second kappa shape index (κ2) is 9.21. The van der Waals surface area contributed by atoms with Crippen molar-refractivity contribution in [1.29, 1.82) is 0 Å². The van der Waals surface area contributed by atoms with E-state index in [1.54, 1.807) is 13.1 Å². The Kier molecular flexibility index (Phi) is 8.41. The van der Waals surface area contributed by atoms with Gasteiger partial charge in [-0.15, -0.1) is 25.6 Å². The summed E-state index contributed by atoms with van der Waals surface area (Å²) < 4.78 is 40.2. The average molecular weight is 357 g/mol. The van der Waals surface area contributed by atoms with Gasteiger partial charge in [0.1, 0.15) is 12.3 Å². The third kappa shape index (κ3) is 9.59. The van der Waals surface area contributed by atoms with E-state index in [0.29, 0.717) is 5.56 Å². The summed E-state index contributed by atoms with van der Waals surface area (Å²) in [6, 6.07) is 5.40. The van der Waals surface area contributed by atoms with E-state index in [4.69, 9.17) is 5.11 Å². The lowest BCUT2D eigenvalue weighted by atomic mass is 10.2. The van der Waals surface area contributed by atoms with Crippen molar-refractivity contribution < 1.29 is 32.6 Å². The van der Waals surface area contributed by atoms with Gasteiger partial charge in [-0.2, -0.15) is 0 Å². The molecule has 0 aliphatic carbocycles. The summed E-state index contributed by atoms with van der Waals surface area (Å²) in [6.07, 6.45) is -4.76. The number of carboxylic acid groups (broad SMARTS) is 1. The number of aliphatic carboxylic acids is 1. The maximum atomic E-state index is 12.1. The van der Waals surface area contributed by atoms with Crippen LogP contribution >= 0.6 is 12.4 Å². The first-order chi connectivity index (χ1) is 10.2. The van der Waals surface area contributed by atoms with Crippen molar-refractivity contribution in [2.75, 3.05) is 20.1 Å². The molecule has 0 aromatic heterocycles. The number of ether oxygens (including phenoxy) is 1. The highest BCUT2D eigenvalue weighted by atomic mass is 35.5. The van der Waals surface area contributed by atoms with E-state index in [2.05, 4.69) is 10.1 Å². The van der Waals surface area contributed by atoms with Crippen LogP contribution in [0.4, 0.5) is 13.2 Å². The van der Waals surface area contributed by atoms with Crippen LogP contribution in [0, 0.1) is 0 Å². The molecule has 0 heterocycles. The van der Waals surface area contributed by atoms with Gasteiger partial charge in [-0.05, 0) is 24.7 Å². The van der Waals surface area contributed by atoms with Gasteiger partial charge in [0, 0.05) is 6.54 Å². The number of carbonyl (C=O) groups is 2.